The maximum Gasteiger partial charge on any atom is 0.179 e. The number of benzene rings is 1. The predicted octanol–water partition coefficient (Wildman–Crippen LogP) is 3.01. The average molecular weight is 310 g/mol. The Morgan fingerprint density at radius 1 is 1.33 bits per heavy atom. The van der Waals surface area contributed by atoms with Crippen LogP contribution < -0.4 is 15.2 Å². The number of methoxy groups -OCH3 is 2. The van der Waals surface area contributed by atoms with Crippen LogP contribution in [0.5, 0.6) is 11.5 Å². The predicted molar refractivity (Wildman–Crippen MR) is 83.1 cm³/mol. The third-order valence-electron chi connectivity index (χ3n) is 3.32. The lowest BCUT2D eigenvalue weighted by atomic mass is 10.0. The SMILES string of the molecule is CCCn1nccc1C(N)c1cc(Cl)c(OC)c(OC)c1. The van der Waals surface area contributed by atoms with Crippen molar-refractivity contribution in [1.82, 2.24) is 9.78 Å². The first-order chi connectivity index (χ1) is 10.1. The van der Waals surface area contributed by atoms with Crippen molar-refractivity contribution in [1.29, 1.82) is 0 Å². The van der Waals surface area contributed by atoms with E-state index in [1.54, 1.807) is 26.5 Å². The van der Waals surface area contributed by atoms with Gasteiger partial charge in [0.25, 0.3) is 0 Å². The van der Waals surface area contributed by atoms with E-state index in [0.717, 1.165) is 24.2 Å². The van der Waals surface area contributed by atoms with Crippen LogP contribution in [-0.4, -0.2) is 24.0 Å². The molecule has 0 aliphatic rings. The van der Waals surface area contributed by atoms with Crippen LogP contribution in [0.1, 0.15) is 30.6 Å². The number of halogens is 1. The maximum atomic E-state index is 6.36. The molecular weight excluding hydrogens is 290 g/mol. The summed E-state index contributed by atoms with van der Waals surface area (Å²) in [5, 5.41) is 4.77. The molecule has 0 saturated heterocycles. The first-order valence-corrected chi connectivity index (χ1v) is 7.18. The van der Waals surface area contributed by atoms with E-state index in [-0.39, 0.29) is 6.04 Å². The highest BCUT2D eigenvalue weighted by Crippen LogP contribution is 2.38. The summed E-state index contributed by atoms with van der Waals surface area (Å²) in [5.74, 6) is 1.08. The summed E-state index contributed by atoms with van der Waals surface area (Å²) in [7, 11) is 3.13. The normalized spacial score (nSPS) is 12.2. The molecule has 114 valence electrons. The number of hydrogen-bond acceptors (Lipinski definition) is 4. The van der Waals surface area contributed by atoms with E-state index in [1.807, 2.05) is 16.8 Å². The molecule has 2 aromatic rings. The Balaban J connectivity index is 2.41. The van der Waals surface area contributed by atoms with E-state index in [2.05, 4.69) is 12.0 Å². The van der Waals surface area contributed by atoms with Crippen molar-refractivity contribution in [3.63, 3.8) is 0 Å². The summed E-state index contributed by atoms with van der Waals surface area (Å²) in [5.41, 5.74) is 8.16. The Hall–Kier alpha value is -1.72. The molecule has 1 aromatic carbocycles. The summed E-state index contributed by atoms with van der Waals surface area (Å²) < 4.78 is 12.5. The summed E-state index contributed by atoms with van der Waals surface area (Å²) in [6.07, 6.45) is 2.75. The fourth-order valence-corrected chi connectivity index (χ4v) is 2.59. The molecule has 5 nitrogen and oxygen atoms in total. The van der Waals surface area contributed by atoms with Gasteiger partial charge >= 0.3 is 0 Å². The van der Waals surface area contributed by atoms with Gasteiger partial charge in [-0.2, -0.15) is 5.10 Å². The quantitative estimate of drug-likeness (QED) is 0.891. The highest BCUT2D eigenvalue weighted by atomic mass is 35.5. The Morgan fingerprint density at radius 3 is 2.71 bits per heavy atom. The second kappa shape index (κ2) is 6.83. The van der Waals surface area contributed by atoms with Gasteiger partial charge in [0.2, 0.25) is 0 Å². The smallest absolute Gasteiger partial charge is 0.179 e. The van der Waals surface area contributed by atoms with Gasteiger partial charge < -0.3 is 15.2 Å². The zero-order valence-corrected chi connectivity index (χ0v) is 13.2. The molecule has 1 unspecified atom stereocenters. The zero-order chi connectivity index (χ0) is 15.4. The highest BCUT2D eigenvalue weighted by molar-refractivity contribution is 6.32. The van der Waals surface area contributed by atoms with Crippen LogP contribution in [0.2, 0.25) is 5.02 Å². The molecule has 1 aromatic heterocycles. The Kier molecular flexibility index (Phi) is 5.09. The van der Waals surface area contributed by atoms with Gasteiger partial charge in [-0.1, -0.05) is 18.5 Å². The molecule has 0 radical (unpaired) electrons. The van der Waals surface area contributed by atoms with Gasteiger partial charge in [0.05, 0.1) is 31.0 Å². The molecular formula is C15H20ClN3O2. The van der Waals surface area contributed by atoms with Gasteiger partial charge in [0.15, 0.2) is 11.5 Å². The number of aromatic nitrogens is 2. The van der Waals surface area contributed by atoms with Crippen molar-refractivity contribution >= 4 is 11.6 Å². The molecule has 1 atom stereocenters. The molecule has 1 heterocycles. The van der Waals surface area contributed by atoms with E-state index in [9.17, 15) is 0 Å². The molecule has 0 bridgehead atoms. The van der Waals surface area contributed by atoms with E-state index >= 15 is 0 Å². The Bertz CT molecular complexity index is 613. The summed E-state index contributed by atoms with van der Waals surface area (Å²) >= 11 is 6.24. The minimum atomic E-state index is -0.323. The fraction of sp³-hybridized carbons (Fsp3) is 0.400. The maximum absolute atomic E-state index is 6.36. The summed E-state index contributed by atoms with van der Waals surface area (Å²) in [6, 6.07) is 5.25. The van der Waals surface area contributed by atoms with Crippen LogP contribution in [-0.2, 0) is 6.54 Å². The third-order valence-corrected chi connectivity index (χ3v) is 3.60. The van der Waals surface area contributed by atoms with Crippen molar-refractivity contribution in [3.05, 3.63) is 40.7 Å². The van der Waals surface area contributed by atoms with Crippen LogP contribution >= 0.6 is 11.6 Å². The van der Waals surface area contributed by atoms with Gasteiger partial charge in [0.1, 0.15) is 0 Å². The van der Waals surface area contributed by atoms with Crippen LogP contribution in [0.25, 0.3) is 0 Å². The number of rotatable bonds is 6. The van der Waals surface area contributed by atoms with E-state index in [4.69, 9.17) is 26.8 Å². The molecule has 0 fully saturated rings. The summed E-state index contributed by atoms with van der Waals surface area (Å²) in [4.78, 5) is 0. The van der Waals surface area contributed by atoms with Crippen molar-refractivity contribution < 1.29 is 9.47 Å². The van der Waals surface area contributed by atoms with Crippen LogP contribution in [0, 0.1) is 0 Å². The molecule has 0 aliphatic heterocycles. The minimum Gasteiger partial charge on any atom is -0.493 e. The van der Waals surface area contributed by atoms with Crippen molar-refractivity contribution in [2.45, 2.75) is 25.9 Å². The zero-order valence-electron chi connectivity index (χ0n) is 12.5. The molecule has 21 heavy (non-hydrogen) atoms. The van der Waals surface area contributed by atoms with Gasteiger partial charge in [-0.05, 0) is 30.2 Å². The largest absolute Gasteiger partial charge is 0.493 e. The first kappa shape index (κ1) is 15.7. The van der Waals surface area contributed by atoms with E-state index in [1.165, 1.54) is 0 Å². The monoisotopic (exact) mass is 309 g/mol. The lowest BCUT2D eigenvalue weighted by Gasteiger charge is -2.17. The standard InChI is InChI=1S/C15H20ClN3O2/c1-4-7-19-12(5-6-18-19)14(17)10-8-11(16)15(21-3)13(9-10)20-2/h5-6,8-9,14H,4,7,17H2,1-3H3. The van der Waals surface area contributed by atoms with Gasteiger partial charge in [-0.15, -0.1) is 0 Å². The van der Waals surface area contributed by atoms with Crippen LogP contribution in [0.4, 0.5) is 0 Å². The number of ether oxygens (including phenoxy) is 2. The highest BCUT2D eigenvalue weighted by Gasteiger charge is 2.18. The number of nitrogens with two attached hydrogens (primary N) is 1. The lowest BCUT2D eigenvalue weighted by Crippen LogP contribution is -2.17. The number of hydrogen-bond donors (Lipinski definition) is 1. The van der Waals surface area contributed by atoms with Gasteiger partial charge in [-0.3, -0.25) is 4.68 Å². The van der Waals surface area contributed by atoms with E-state index < -0.39 is 0 Å². The Labute approximate surface area is 129 Å². The number of nitrogens with zero attached hydrogens (tertiary/aromatic N) is 2. The van der Waals surface area contributed by atoms with E-state index in [0.29, 0.717) is 16.5 Å². The first-order valence-electron chi connectivity index (χ1n) is 6.81. The van der Waals surface area contributed by atoms with Crippen LogP contribution in [0.15, 0.2) is 24.4 Å². The molecule has 0 saturated carbocycles. The molecule has 2 N–H and O–H groups in total. The topological polar surface area (TPSA) is 62.3 Å². The molecule has 0 spiro atoms. The van der Waals surface area contributed by atoms with Crippen molar-refractivity contribution in [2.75, 3.05) is 14.2 Å². The average Bonchev–Trinajstić information content (AvgIpc) is 2.94. The van der Waals surface area contributed by atoms with Gasteiger partial charge in [0, 0.05) is 12.7 Å². The Morgan fingerprint density at radius 2 is 2.10 bits per heavy atom. The lowest BCUT2D eigenvalue weighted by molar-refractivity contribution is 0.354. The molecule has 0 aliphatic carbocycles. The second-order valence-corrected chi connectivity index (χ2v) is 5.10. The van der Waals surface area contributed by atoms with Gasteiger partial charge in [-0.25, -0.2) is 0 Å². The molecule has 0 amide bonds. The van der Waals surface area contributed by atoms with Crippen LogP contribution in [0.3, 0.4) is 0 Å². The van der Waals surface area contributed by atoms with Crippen molar-refractivity contribution in [2.24, 2.45) is 5.73 Å². The molecule has 6 heteroatoms. The third kappa shape index (κ3) is 3.14. The minimum absolute atomic E-state index is 0.323. The van der Waals surface area contributed by atoms with Crippen molar-refractivity contribution in [3.8, 4) is 11.5 Å². The fourth-order valence-electron chi connectivity index (χ4n) is 2.29. The number of aryl methyl sites for hydroxylation is 1. The molecule has 2 rings (SSSR count). The second-order valence-electron chi connectivity index (χ2n) is 4.70. The summed E-state index contributed by atoms with van der Waals surface area (Å²) in [6.45, 7) is 2.93.